The molecule has 1 heterocycles. The highest BCUT2D eigenvalue weighted by atomic mass is 19.4. The van der Waals surface area contributed by atoms with Crippen LogP contribution in [0.3, 0.4) is 0 Å². The van der Waals surface area contributed by atoms with Gasteiger partial charge in [-0.25, -0.2) is 4.98 Å². The predicted octanol–water partition coefficient (Wildman–Crippen LogP) is 1.55. The van der Waals surface area contributed by atoms with Gasteiger partial charge in [-0.05, 0) is 17.7 Å². The lowest BCUT2D eigenvalue weighted by Crippen LogP contribution is -2.24. The number of rotatable bonds is 2. The summed E-state index contributed by atoms with van der Waals surface area (Å²) in [5.74, 6) is -1.29. The second-order valence-corrected chi connectivity index (χ2v) is 3.77. The van der Waals surface area contributed by atoms with Gasteiger partial charge in [0.2, 0.25) is 0 Å². The molecule has 0 amide bonds. The van der Waals surface area contributed by atoms with E-state index in [-0.39, 0.29) is 11.9 Å². The number of carbonyl (C=O) groups excluding carboxylic acids is 1. The topological polar surface area (TPSA) is 53.0 Å². The minimum Gasteiger partial charge on any atom is -0.550 e. The first kappa shape index (κ1) is 12.3. The Hall–Kier alpha value is -2.11. The van der Waals surface area contributed by atoms with E-state index < -0.39 is 17.8 Å². The fourth-order valence-corrected chi connectivity index (χ4v) is 1.60. The van der Waals surface area contributed by atoms with Crippen molar-refractivity contribution in [3.05, 3.63) is 41.6 Å². The van der Waals surface area contributed by atoms with Gasteiger partial charge in [0.05, 0.1) is 5.52 Å². The van der Waals surface area contributed by atoms with E-state index >= 15 is 0 Å². The van der Waals surface area contributed by atoms with Crippen molar-refractivity contribution in [1.82, 2.24) is 4.98 Å². The summed E-state index contributed by atoms with van der Waals surface area (Å²) >= 11 is 0. The largest absolute Gasteiger partial charge is 0.550 e. The van der Waals surface area contributed by atoms with Crippen LogP contribution in [0.2, 0.25) is 0 Å². The Bertz CT molecular complexity index is 608. The number of hydrogen-bond donors (Lipinski definition) is 0. The van der Waals surface area contributed by atoms with Crippen LogP contribution < -0.4 is 5.11 Å². The van der Waals surface area contributed by atoms with Crippen molar-refractivity contribution in [2.45, 2.75) is 12.6 Å². The van der Waals surface area contributed by atoms with Crippen LogP contribution in [0.15, 0.2) is 30.3 Å². The third-order valence-corrected chi connectivity index (χ3v) is 2.40. The van der Waals surface area contributed by atoms with Crippen LogP contribution in [0.1, 0.15) is 11.3 Å². The average Bonchev–Trinajstić information content (AvgIpc) is 2.26. The predicted molar refractivity (Wildman–Crippen MR) is 55.5 cm³/mol. The zero-order valence-electron chi connectivity index (χ0n) is 8.99. The van der Waals surface area contributed by atoms with Gasteiger partial charge >= 0.3 is 6.18 Å². The summed E-state index contributed by atoms with van der Waals surface area (Å²) in [6.07, 6.45) is -4.87. The molecule has 0 bridgehead atoms. The van der Waals surface area contributed by atoms with Crippen LogP contribution >= 0.6 is 0 Å². The van der Waals surface area contributed by atoms with E-state index in [2.05, 4.69) is 4.98 Å². The van der Waals surface area contributed by atoms with E-state index in [9.17, 15) is 23.1 Å². The molecule has 2 aromatic rings. The minimum absolute atomic E-state index is 0.114. The lowest BCUT2D eigenvalue weighted by molar-refractivity contribution is -0.304. The summed E-state index contributed by atoms with van der Waals surface area (Å²) in [5, 5.41) is 10.9. The second kappa shape index (κ2) is 4.29. The second-order valence-electron chi connectivity index (χ2n) is 3.77. The van der Waals surface area contributed by atoms with Gasteiger partial charge in [0, 0.05) is 17.8 Å². The minimum atomic E-state index is -4.52. The van der Waals surface area contributed by atoms with Crippen molar-refractivity contribution in [3.63, 3.8) is 0 Å². The number of fused-ring (bicyclic) bond motifs is 1. The third kappa shape index (κ3) is 2.58. The molecule has 94 valence electrons. The first-order chi connectivity index (χ1) is 8.36. The fraction of sp³-hybridized carbons (Fsp3) is 0.167. The van der Waals surface area contributed by atoms with Gasteiger partial charge in [-0.3, -0.25) is 0 Å². The molecule has 0 aliphatic heterocycles. The molecular weight excluding hydrogens is 247 g/mol. The van der Waals surface area contributed by atoms with Crippen molar-refractivity contribution in [2.24, 2.45) is 0 Å². The molecule has 0 fully saturated rings. The van der Waals surface area contributed by atoms with Crippen molar-refractivity contribution >= 4 is 16.9 Å². The zero-order chi connectivity index (χ0) is 13.3. The van der Waals surface area contributed by atoms with Crippen LogP contribution in [-0.2, 0) is 17.4 Å². The number of carbonyl (C=O) groups is 1. The molecule has 1 aromatic carbocycles. The van der Waals surface area contributed by atoms with Gasteiger partial charge in [0.1, 0.15) is 5.69 Å². The quantitative estimate of drug-likeness (QED) is 0.817. The van der Waals surface area contributed by atoms with Gasteiger partial charge in [0.25, 0.3) is 0 Å². The first-order valence-electron chi connectivity index (χ1n) is 5.03. The van der Waals surface area contributed by atoms with Crippen LogP contribution in [0, 0.1) is 0 Å². The molecule has 6 heteroatoms. The lowest BCUT2D eigenvalue weighted by atomic mass is 10.1. The Kier molecular flexibility index (Phi) is 2.94. The number of aromatic nitrogens is 1. The molecule has 0 saturated heterocycles. The summed E-state index contributed by atoms with van der Waals surface area (Å²) in [6.45, 7) is 0. The highest BCUT2D eigenvalue weighted by molar-refractivity contribution is 5.80. The number of nitrogens with zero attached hydrogens (tertiary/aromatic N) is 1. The number of aliphatic carboxylic acids is 1. The molecule has 0 N–H and O–H groups in total. The van der Waals surface area contributed by atoms with Crippen molar-refractivity contribution in [1.29, 1.82) is 0 Å². The number of carboxylic acid groups (broad SMARTS) is 1. The van der Waals surface area contributed by atoms with Gasteiger partial charge in [-0.1, -0.05) is 18.2 Å². The molecule has 0 saturated carbocycles. The van der Waals surface area contributed by atoms with Gasteiger partial charge in [0.15, 0.2) is 0 Å². The number of carboxylic acids is 1. The lowest BCUT2D eigenvalue weighted by Gasteiger charge is -2.08. The maximum Gasteiger partial charge on any atom is 0.433 e. The molecule has 0 radical (unpaired) electrons. The third-order valence-electron chi connectivity index (χ3n) is 2.40. The molecule has 0 spiro atoms. The van der Waals surface area contributed by atoms with Crippen LogP contribution in [-0.4, -0.2) is 11.0 Å². The zero-order valence-corrected chi connectivity index (χ0v) is 8.99. The van der Waals surface area contributed by atoms with E-state index in [4.69, 9.17) is 0 Å². The highest BCUT2D eigenvalue weighted by Crippen LogP contribution is 2.29. The fourth-order valence-electron chi connectivity index (χ4n) is 1.60. The molecular formula is C12H7F3NO2-. The maximum absolute atomic E-state index is 12.5. The Morgan fingerprint density at radius 3 is 2.50 bits per heavy atom. The Labute approximate surface area is 99.9 Å². The van der Waals surface area contributed by atoms with Crippen LogP contribution in [0.4, 0.5) is 13.2 Å². The Balaban J connectivity index is 2.50. The van der Waals surface area contributed by atoms with Crippen molar-refractivity contribution in [3.8, 4) is 0 Å². The summed E-state index contributed by atoms with van der Waals surface area (Å²) < 4.78 is 37.4. The summed E-state index contributed by atoms with van der Waals surface area (Å²) in [4.78, 5) is 13.9. The summed E-state index contributed by atoms with van der Waals surface area (Å²) in [5.41, 5.74) is -0.529. The van der Waals surface area contributed by atoms with Gasteiger partial charge in [-0.15, -0.1) is 0 Å². The SMILES string of the molecule is O=C([O-])Cc1ccc2ccc(C(F)(F)F)nc2c1. The van der Waals surface area contributed by atoms with Crippen molar-refractivity contribution < 1.29 is 23.1 Å². The number of benzene rings is 1. The van der Waals surface area contributed by atoms with E-state index in [0.717, 1.165) is 6.07 Å². The standard InChI is InChI=1S/C12H8F3NO2/c13-12(14,15)10-4-3-8-2-1-7(6-11(17)18)5-9(8)16-10/h1-5H,6H2,(H,17,18)/p-1. The summed E-state index contributed by atoms with van der Waals surface area (Å²) in [6, 6.07) is 6.56. The molecule has 1 aromatic heterocycles. The normalized spacial score (nSPS) is 11.7. The van der Waals surface area contributed by atoms with E-state index in [1.807, 2.05) is 0 Å². The molecule has 2 rings (SSSR count). The van der Waals surface area contributed by atoms with Crippen LogP contribution in [0.25, 0.3) is 10.9 Å². The van der Waals surface area contributed by atoms with Gasteiger partial charge < -0.3 is 9.90 Å². The first-order valence-corrected chi connectivity index (χ1v) is 5.03. The Morgan fingerprint density at radius 1 is 1.22 bits per heavy atom. The number of alkyl halides is 3. The van der Waals surface area contributed by atoms with Crippen LogP contribution in [0.5, 0.6) is 0 Å². The summed E-state index contributed by atoms with van der Waals surface area (Å²) in [7, 11) is 0. The van der Waals surface area contributed by atoms with E-state index in [0.29, 0.717) is 10.9 Å². The Morgan fingerprint density at radius 2 is 1.89 bits per heavy atom. The van der Waals surface area contributed by atoms with E-state index in [1.165, 1.54) is 24.3 Å². The highest BCUT2D eigenvalue weighted by Gasteiger charge is 2.32. The smallest absolute Gasteiger partial charge is 0.433 e. The average molecular weight is 254 g/mol. The molecule has 0 aliphatic rings. The molecule has 18 heavy (non-hydrogen) atoms. The molecule has 0 aliphatic carbocycles. The van der Waals surface area contributed by atoms with E-state index in [1.54, 1.807) is 0 Å². The van der Waals surface area contributed by atoms with Gasteiger partial charge in [-0.2, -0.15) is 13.2 Å². The molecule has 3 nitrogen and oxygen atoms in total. The number of hydrogen-bond acceptors (Lipinski definition) is 3. The molecule has 0 atom stereocenters. The number of pyridine rings is 1. The monoisotopic (exact) mass is 254 g/mol. The molecule has 0 unspecified atom stereocenters. The maximum atomic E-state index is 12.5. The number of halogens is 3. The van der Waals surface area contributed by atoms with Crippen molar-refractivity contribution in [2.75, 3.05) is 0 Å².